The minimum atomic E-state index is -0.890. The molecule has 0 fully saturated rings. The second-order valence-electron chi connectivity index (χ2n) is 6.17. The third-order valence-corrected chi connectivity index (χ3v) is 4.18. The van der Waals surface area contributed by atoms with Crippen molar-refractivity contribution in [2.75, 3.05) is 14.1 Å². The maximum Gasteiger partial charge on any atom is 0.343 e. The monoisotopic (exact) mass is 363 g/mol. The van der Waals surface area contributed by atoms with Crippen molar-refractivity contribution in [1.82, 2.24) is 14.7 Å². The molecule has 1 amide bonds. The number of esters is 1. The molecule has 1 heterocycles. The number of amides is 1. The number of aryl methyl sites for hydroxylation is 2. The number of hydrogen-bond acceptors (Lipinski definition) is 4. The van der Waals surface area contributed by atoms with E-state index in [1.807, 2.05) is 31.2 Å². The molecular formula is C18H22ClN3O3. The van der Waals surface area contributed by atoms with Gasteiger partial charge in [-0.05, 0) is 26.3 Å². The van der Waals surface area contributed by atoms with Crippen LogP contribution in [0.15, 0.2) is 24.3 Å². The molecule has 0 aliphatic rings. The molecule has 0 aliphatic heterocycles. The van der Waals surface area contributed by atoms with Crippen LogP contribution in [0.1, 0.15) is 34.1 Å². The van der Waals surface area contributed by atoms with Gasteiger partial charge in [-0.3, -0.25) is 4.79 Å². The van der Waals surface area contributed by atoms with E-state index < -0.39 is 12.1 Å². The Morgan fingerprint density at radius 1 is 1.24 bits per heavy atom. The first-order valence-corrected chi connectivity index (χ1v) is 8.29. The summed E-state index contributed by atoms with van der Waals surface area (Å²) in [6.45, 7) is 5.67. The maximum absolute atomic E-state index is 12.4. The zero-order valence-corrected chi connectivity index (χ0v) is 15.8. The lowest BCUT2D eigenvalue weighted by atomic mass is 10.1. The van der Waals surface area contributed by atoms with Gasteiger partial charge in [-0.25, -0.2) is 9.48 Å². The predicted molar refractivity (Wildman–Crippen MR) is 95.8 cm³/mol. The van der Waals surface area contributed by atoms with E-state index in [1.165, 1.54) is 11.8 Å². The molecule has 0 saturated heterocycles. The molecule has 1 aromatic heterocycles. The van der Waals surface area contributed by atoms with Gasteiger partial charge in [-0.1, -0.05) is 41.4 Å². The molecular weight excluding hydrogens is 342 g/mol. The highest BCUT2D eigenvalue weighted by Crippen LogP contribution is 2.22. The van der Waals surface area contributed by atoms with Gasteiger partial charge in [0.2, 0.25) is 0 Å². The summed E-state index contributed by atoms with van der Waals surface area (Å²) in [5, 5.41) is 4.53. The third-order valence-electron chi connectivity index (χ3n) is 3.79. The molecule has 0 N–H and O–H groups in total. The molecule has 0 spiro atoms. The highest BCUT2D eigenvalue weighted by atomic mass is 35.5. The second-order valence-corrected chi connectivity index (χ2v) is 6.53. The van der Waals surface area contributed by atoms with E-state index in [2.05, 4.69) is 5.10 Å². The van der Waals surface area contributed by atoms with Crippen LogP contribution in [0.25, 0.3) is 0 Å². The minimum absolute atomic E-state index is 0.187. The summed E-state index contributed by atoms with van der Waals surface area (Å²) in [7, 11) is 3.20. The lowest BCUT2D eigenvalue weighted by Crippen LogP contribution is -2.35. The Balaban J connectivity index is 2.19. The van der Waals surface area contributed by atoms with Crippen molar-refractivity contribution < 1.29 is 14.3 Å². The van der Waals surface area contributed by atoms with Gasteiger partial charge < -0.3 is 9.64 Å². The molecule has 0 bridgehead atoms. The fraction of sp³-hybridized carbons (Fsp3) is 0.389. The number of halogens is 1. The van der Waals surface area contributed by atoms with Crippen molar-refractivity contribution >= 4 is 23.5 Å². The molecule has 0 radical (unpaired) electrons. The van der Waals surface area contributed by atoms with Crippen molar-refractivity contribution in [3.8, 4) is 0 Å². The first kappa shape index (κ1) is 19.0. The molecule has 0 unspecified atom stereocenters. The molecule has 2 aromatic rings. The Bertz CT molecular complexity index is 782. The van der Waals surface area contributed by atoms with Gasteiger partial charge in [-0.15, -0.1) is 0 Å². The quantitative estimate of drug-likeness (QED) is 0.766. The van der Waals surface area contributed by atoms with Gasteiger partial charge in [0.25, 0.3) is 5.91 Å². The van der Waals surface area contributed by atoms with Gasteiger partial charge in [0, 0.05) is 14.1 Å². The van der Waals surface area contributed by atoms with E-state index in [0.29, 0.717) is 12.2 Å². The van der Waals surface area contributed by atoms with Crippen LogP contribution in [0, 0.1) is 13.8 Å². The Morgan fingerprint density at radius 3 is 2.40 bits per heavy atom. The first-order chi connectivity index (χ1) is 11.7. The Kier molecular flexibility index (Phi) is 5.85. The van der Waals surface area contributed by atoms with Crippen molar-refractivity contribution in [3.63, 3.8) is 0 Å². The minimum Gasteiger partial charge on any atom is -0.449 e. The third kappa shape index (κ3) is 4.39. The van der Waals surface area contributed by atoms with Crippen LogP contribution in [-0.2, 0) is 16.1 Å². The average Bonchev–Trinajstić information content (AvgIpc) is 2.82. The van der Waals surface area contributed by atoms with E-state index >= 15 is 0 Å². The molecule has 134 valence electrons. The first-order valence-electron chi connectivity index (χ1n) is 7.91. The SMILES string of the molecule is Cc1ccc(Cn2nc(C)c(C(=O)O[C@H](C)C(=O)N(C)C)c2Cl)cc1. The summed E-state index contributed by atoms with van der Waals surface area (Å²) >= 11 is 6.34. The smallest absolute Gasteiger partial charge is 0.343 e. The fourth-order valence-electron chi connectivity index (χ4n) is 2.39. The standard InChI is InChI=1S/C18H22ClN3O3/c1-11-6-8-14(9-7-11)10-22-16(19)15(12(2)20-22)18(24)25-13(3)17(23)21(4)5/h6-9,13H,10H2,1-5H3/t13-/m1/s1. The number of hydrogen-bond donors (Lipinski definition) is 0. The van der Waals surface area contributed by atoms with Crippen molar-refractivity contribution in [2.24, 2.45) is 0 Å². The zero-order chi connectivity index (χ0) is 18.7. The van der Waals surface area contributed by atoms with E-state index in [-0.39, 0.29) is 16.6 Å². The number of rotatable bonds is 5. The summed E-state index contributed by atoms with van der Waals surface area (Å²) in [4.78, 5) is 25.6. The lowest BCUT2D eigenvalue weighted by Gasteiger charge is -2.17. The van der Waals surface area contributed by atoms with Crippen molar-refractivity contribution in [3.05, 3.63) is 51.8 Å². The summed E-state index contributed by atoms with van der Waals surface area (Å²) in [5.74, 6) is -0.950. The molecule has 0 saturated carbocycles. The van der Waals surface area contributed by atoms with Gasteiger partial charge >= 0.3 is 5.97 Å². The van der Waals surface area contributed by atoms with Crippen LogP contribution >= 0.6 is 11.6 Å². The molecule has 1 aromatic carbocycles. The summed E-state index contributed by atoms with van der Waals surface area (Å²) in [6.07, 6.45) is -0.890. The number of ether oxygens (including phenoxy) is 1. The Labute approximate surface area is 152 Å². The van der Waals surface area contributed by atoms with Crippen molar-refractivity contribution in [2.45, 2.75) is 33.4 Å². The number of nitrogens with zero attached hydrogens (tertiary/aromatic N) is 3. The molecule has 2 rings (SSSR count). The fourth-order valence-corrected chi connectivity index (χ4v) is 2.70. The zero-order valence-electron chi connectivity index (χ0n) is 15.0. The topological polar surface area (TPSA) is 64.4 Å². The maximum atomic E-state index is 12.4. The number of carbonyl (C=O) groups excluding carboxylic acids is 2. The van der Waals surface area contributed by atoms with Gasteiger partial charge in [0.15, 0.2) is 6.10 Å². The lowest BCUT2D eigenvalue weighted by molar-refractivity contribution is -0.137. The second kappa shape index (κ2) is 7.70. The number of benzene rings is 1. The van der Waals surface area contributed by atoms with Crippen LogP contribution in [0.3, 0.4) is 0 Å². The van der Waals surface area contributed by atoms with Crippen LogP contribution < -0.4 is 0 Å². The van der Waals surface area contributed by atoms with E-state index in [9.17, 15) is 9.59 Å². The Morgan fingerprint density at radius 2 is 1.84 bits per heavy atom. The van der Waals surface area contributed by atoms with Gasteiger partial charge in [-0.2, -0.15) is 5.10 Å². The van der Waals surface area contributed by atoms with Crippen molar-refractivity contribution in [1.29, 1.82) is 0 Å². The number of likely N-dealkylation sites (N-methyl/N-ethyl adjacent to an activating group) is 1. The highest BCUT2D eigenvalue weighted by Gasteiger charge is 2.26. The van der Waals surface area contributed by atoms with E-state index in [0.717, 1.165) is 11.1 Å². The normalized spacial score (nSPS) is 11.9. The van der Waals surface area contributed by atoms with Crippen LogP contribution in [-0.4, -0.2) is 46.8 Å². The largest absolute Gasteiger partial charge is 0.449 e. The van der Waals surface area contributed by atoms with Crippen LogP contribution in [0.2, 0.25) is 5.15 Å². The average molecular weight is 364 g/mol. The summed E-state index contributed by atoms with van der Waals surface area (Å²) < 4.78 is 6.78. The predicted octanol–water partition coefficient (Wildman–Crippen LogP) is 2.84. The highest BCUT2D eigenvalue weighted by molar-refractivity contribution is 6.32. The molecule has 0 aliphatic carbocycles. The van der Waals surface area contributed by atoms with Gasteiger partial charge in [0.1, 0.15) is 10.7 Å². The number of carbonyl (C=O) groups is 2. The number of aromatic nitrogens is 2. The molecule has 7 heteroatoms. The molecule has 6 nitrogen and oxygen atoms in total. The molecule has 1 atom stereocenters. The van der Waals surface area contributed by atoms with Crippen LogP contribution in [0.4, 0.5) is 0 Å². The summed E-state index contributed by atoms with van der Waals surface area (Å²) in [6, 6.07) is 7.98. The summed E-state index contributed by atoms with van der Waals surface area (Å²) in [5.41, 5.74) is 2.83. The van der Waals surface area contributed by atoms with E-state index in [1.54, 1.807) is 25.7 Å². The van der Waals surface area contributed by atoms with Gasteiger partial charge in [0.05, 0.1) is 12.2 Å². The molecule has 25 heavy (non-hydrogen) atoms. The van der Waals surface area contributed by atoms with E-state index in [4.69, 9.17) is 16.3 Å². The van der Waals surface area contributed by atoms with Crippen LogP contribution in [0.5, 0.6) is 0 Å². The Hall–Kier alpha value is -2.34.